The van der Waals surface area contributed by atoms with Crippen molar-refractivity contribution in [2.24, 2.45) is 5.41 Å². The van der Waals surface area contributed by atoms with Crippen LogP contribution in [0.3, 0.4) is 0 Å². The lowest BCUT2D eigenvalue weighted by atomic mass is 9.62. The fourth-order valence-corrected chi connectivity index (χ4v) is 4.31. The van der Waals surface area contributed by atoms with Gasteiger partial charge in [-0.05, 0) is 74.0 Å². The van der Waals surface area contributed by atoms with Crippen LogP contribution in [-0.4, -0.2) is 0 Å². The Morgan fingerprint density at radius 3 is 2.38 bits per heavy atom. The molecule has 0 aromatic heterocycles. The van der Waals surface area contributed by atoms with E-state index in [2.05, 4.69) is 54.9 Å². The molecular formula is C20H31Br. The first kappa shape index (κ1) is 17.1. The summed E-state index contributed by atoms with van der Waals surface area (Å²) in [4.78, 5) is 0. The van der Waals surface area contributed by atoms with E-state index in [1.807, 2.05) is 0 Å². The van der Waals surface area contributed by atoms with Gasteiger partial charge in [-0.1, -0.05) is 61.2 Å². The third-order valence-electron chi connectivity index (χ3n) is 5.51. The molecule has 1 heteroatoms. The Kier molecular flexibility index (Phi) is 6.34. The fraction of sp³-hybridized carbons (Fsp3) is 0.700. The number of benzene rings is 1. The quantitative estimate of drug-likeness (QED) is 0.458. The lowest BCUT2D eigenvalue weighted by molar-refractivity contribution is 0.0982. The minimum Gasteiger partial charge on any atom is -0.0654 e. The predicted octanol–water partition coefficient (Wildman–Crippen LogP) is 7.39. The lowest BCUT2D eigenvalue weighted by Crippen LogP contribution is -2.29. The molecule has 1 atom stereocenters. The molecule has 0 spiro atoms. The molecule has 0 bridgehead atoms. The highest BCUT2D eigenvalue weighted by atomic mass is 79.9. The minimum absolute atomic E-state index is 0.713. The van der Waals surface area contributed by atoms with E-state index in [9.17, 15) is 0 Å². The summed E-state index contributed by atoms with van der Waals surface area (Å²) in [5.41, 5.74) is 3.65. The summed E-state index contributed by atoms with van der Waals surface area (Å²) in [6, 6.07) is 6.97. The van der Waals surface area contributed by atoms with Crippen molar-refractivity contribution in [2.45, 2.75) is 84.5 Å². The molecule has 1 aromatic carbocycles. The van der Waals surface area contributed by atoms with Crippen LogP contribution in [0.1, 0.15) is 88.7 Å². The van der Waals surface area contributed by atoms with Gasteiger partial charge >= 0.3 is 0 Å². The number of aryl methyl sites for hydroxylation is 1. The molecule has 1 aliphatic rings. The van der Waals surface area contributed by atoms with Crippen molar-refractivity contribution in [2.75, 3.05) is 0 Å². The number of hydrogen-bond donors (Lipinski definition) is 0. The summed E-state index contributed by atoms with van der Waals surface area (Å²) in [5, 5.41) is 0. The molecule has 1 unspecified atom stereocenters. The molecule has 0 aliphatic heterocycles. The Morgan fingerprint density at radius 1 is 1.10 bits per heavy atom. The first-order chi connectivity index (χ1) is 10.1. The average Bonchev–Trinajstić information content (AvgIpc) is 2.43. The van der Waals surface area contributed by atoms with Crippen LogP contribution in [0.5, 0.6) is 0 Å². The van der Waals surface area contributed by atoms with Crippen LogP contribution in [0.25, 0.3) is 0 Å². The van der Waals surface area contributed by atoms with E-state index in [0.717, 1.165) is 5.92 Å². The van der Waals surface area contributed by atoms with Gasteiger partial charge in [-0.3, -0.25) is 0 Å². The molecule has 0 nitrogen and oxygen atoms in total. The summed E-state index contributed by atoms with van der Waals surface area (Å²) in [7, 11) is 0. The van der Waals surface area contributed by atoms with Crippen molar-refractivity contribution in [1.82, 2.24) is 0 Å². The van der Waals surface area contributed by atoms with E-state index in [0.29, 0.717) is 5.41 Å². The van der Waals surface area contributed by atoms with E-state index in [1.165, 1.54) is 67.8 Å². The first-order valence-corrected chi connectivity index (χ1v) is 9.65. The topological polar surface area (TPSA) is 0 Å². The monoisotopic (exact) mass is 350 g/mol. The molecule has 0 saturated heterocycles. The van der Waals surface area contributed by atoms with Gasteiger partial charge < -0.3 is 0 Å². The Bertz CT molecular complexity index is 445. The van der Waals surface area contributed by atoms with Crippen LogP contribution < -0.4 is 0 Å². The Hall–Kier alpha value is -0.300. The van der Waals surface area contributed by atoms with Crippen LogP contribution in [0.2, 0.25) is 0 Å². The second kappa shape index (κ2) is 7.81. The molecule has 1 aromatic rings. The van der Waals surface area contributed by atoms with Crippen molar-refractivity contribution in [3.05, 3.63) is 33.8 Å². The zero-order valence-electron chi connectivity index (χ0n) is 14.1. The van der Waals surface area contributed by atoms with Crippen LogP contribution >= 0.6 is 15.9 Å². The van der Waals surface area contributed by atoms with Gasteiger partial charge in [0.15, 0.2) is 0 Å². The average molecular weight is 351 g/mol. The van der Waals surface area contributed by atoms with Crippen LogP contribution in [-0.2, 0) is 0 Å². The maximum atomic E-state index is 3.63. The molecule has 21 heavy (non-hydrogen) atoms. The van der Waals surface area contributed by atoms with Crippen LogP contribution in [0, 0.1) is 12.3 Å². The van der Waals surface area contributed by atoms with Crippen molar-refractivity contribution >= 4 is 15.9 Å². The summed E-state index contributed by atoms with van der Waals surface area (Å²) in [6.07, 6.45) is 12.7. The second-order valence-electron chi connectivity index (χ2n) is 7.14. The fourth-order valence-electron chi connectivity index (χ4n) is 4.06. The first-order valence-electron chi connectivity index (χ1n) is 8.86. The van der Waals surface area contributed by atoms with Crippen molar-refractivity contribution in [3.63, 3.8) is 0 Å². The second-order valence-corrected chi connectivity index (χ2v) is 7.99. The zero-order chi connectivity index (χ0) is 15.3. The van der Waals surface area contributed by atoms with Gasteiger partial charge in [-0.2, -0.15) is 0 Å². The standard InChI is InChI=1S/C20H31Br/c1-4-7-17(18-8-9-19(21)16(3)15-18)10-14-20(11-5-2)12-6-13-20/h8-9,15,17H,4-7,10-14H2,1-3H3. The van der Waals surface area contributed by atoms with Crippen molar-refractivity contribution in [1.29, 1.82) is 0 Å². The zero-order valence-corrected chi connectivity index (χ0v) is 15.6. The molecule has 1 aliphatic carbocycles. The van der Waals surface area contributed by atoms with Crippen molar-refractivity contribution < 1.29 is 0 Å². The third kappa shape index (κ3) is 4.34. The molecule has 2 rings (SSSR count). The van der Waals surface area contributed by atoms with Gasteiger partial charge in [0.2, 0.25) is 0 Å². The van der Waals surface area contributed by atoms with Gasteiger partial charge in [0, 0.05) is 4.47 Å². The largest absolute Gasteiger partial charge is 0.0654 e. The SMILES string of the molecule is CCCC(CCC1(CCC)CCC1)c1ccc(Br)c(C)c1. The highest BCUT2D eigenvalue weighted by Gasteiger charge is 2.35. The third-order valence-corrected chi connectivity index (χ3v) is 6.40. The van der Waals surface area contributed by atoms with Crippen LogP contribution in [0.4, 0.5) is 0 Å². The molecule has 0 amide bonds. The molecule has 118 valence electrons. The van der Waals surface area contributed by atoms with E-state index in [-0.39, 0.29) is 0 Å². The summed E-state index contributed by atoms with van der Waals surface area (Å²) < 4.78 is 1.24. The van der Waals surface area contributed by atoms with Crippen molar-refractivity contribution in [3.8, 4) is 0 Å². The highest BCUT2D eigenvalue weighted by Crippen LogP contribution is 2.50. The minimum atomic E-state index is 0.713. The van der Waals surface area contributed by atoms with E-state index < -0.39 is 0 Å². The van der Waals surface area contributed by atoms with E-state index in [1.54, 1.807) is 5.56 Å². The van der Waals surface area contributed by atoms with Crippen LogP contribution in [0.15, 0.2) is 22.7 Å². The lowest BCUT2D eigenvalue weighted by Gasteiger charge is -2.43. The number of hydrogen-bond acceptors (Lipinski definition) is 0. The molecule has 1 fully saturated rings. The Morgan fingerprint density at radius 2 is 1.86 bits per heavy atom. The maximum absolute atomic E-state index is 3.63. The number of rotatable bonds is 8. The highest BCUT2D eigenvalue weighted by molar-refractivity contribution is 9.10. The predicted molar refractivity (Wildman–Crippen MR) is 97.0 cm³/mol. The molecule has 0 N–H and O–H groups in total. The van der Waals surface area contributed by atoms with E-state index >= 15 is 0 Å². The van der Waals surface area contributed by atoms with Gasteiger partial charge in [0.05, 0.1) is 0 Å². The molecular weight excluding hydrogens is 320 g/mol. The Labute approximate surface area is 139 Å². The smallest absolute Gasteiger partial charge is 0.0204 e. The molecule has 1 saturated carbocycles. The van der Waals surface area contributed by atoms with Gasteiger partial charge in [-0.25, -0.2) is 0 Å². The number of halogens is 1. The summed E-state index contributed by atoms with van der Waals surface area (Å²) in [6.45, 7) is 6.88. The van der Waals surface area contributed by atoms with Gasteiger partial charge in [-0.15, -0.1) is 0 Å². The van der Waals surface area contributed by atoms with Gasteiger partial charge in [0.1, 0.15) is 0 Å². The molecule has 0 heterocycles. The summed E-state index contributed by atoms with van der Waals surface area (Å²) in [5.74, 6) is 0.760. The Balaban J connectivity index is 2.03. The molecule has 0 radical (unpaired) electrons. The normalized spacial score (nSPS) is 18.3. The van der Waals surface area contributed by atoms with E-state index in [4.69, 9.17) is 0 Å². The summed E-state index contributed by atoms with van der Waals surface area (Å²) >= 11 is 3.63. The maximum Gasteiger partial charge on any atom is 0.0204 e. The van der Waals surface area contributed by atoms with Gasteiger partial charge in [0.25, 0.3) is 0 Å².